The Morgan fingerprint density at radius 2 is 1.11 bits per heavy atom. The number of fused-ring (bicyclic) bond motifs is 12. The fourth-order valence-electron chi connectivity index (χ4n) is 9.02. The molecule has 0 N–H and O–H groups in total. The van der Waals surface area contributed by atoms with Crippen LogP contribution in [0.25, 0.3) is 88.0 Å². The van der Waals surface area contributed by atoms with Gasteiger partial charge in [-0.25, -0.2) is 9.97 Å². The van der Waals surface area contributed by atoms with Crippen LogP contribution in [0.5, 0.6) is 0 Å². The summed E-state index contributed by atoms with van der Waals surface area (Å²) in [5.41, 5.74) is 10.1. The fourth-order valence-corrected chi connectivity index (χ4v) is 10.3. The van der Waals surface area contributed by atoms with Gasteiger partial charge in [0, 0.05) is 48.7 Å². The smallest absolute Gasteiger partial charge is 0.235 e. The van der Waals surface area contributed by atoms with Crippen molar-refractivity contribution in [3.8, 4) is 22.8 Å². The van der Waals surface area contributed by atoms with Crippen molar-refractivity contribution in [2.24, 2.45) is 0 Å². The molecule has 4 nitrogen and oxygen atoms in total. The Morgan fingerprint density at radius 3 is 1.89 bits per heavy atom. The van der Waals surface area contributed by atoms with Gasteiger partial charge in [-0.15, -0.1) is 11.8 Å². The molecule has 1 aliphatic carbocycles. The molecule has 0 fully saturated rings. The van der Waals surface area contributed by atoms with E-state index in [-0.39, 0.29) is 5.92 Å². The van der Waals surface area contributed by atoms with E-state index in [9.17, 15) is 0 Å². The molecule has 0 spiro atoms. The molecule has 3 aromatic heterocycles. The molecule has 0 bridgehead atoms. The predicted molar refractivity (Wildman–Crippen MR) is 222 cm³/mol. The molecule has 2 aliphatic rings. The van der Waals surface area contributed by atoms with Crippen LogP contribution in [0, 0.1) is 0 Å². The third-order valence-electron chi connectivity index (χ3n) is 11.2. The summed E-state index contributed by atoms with van der Waals surface area (Å²) in [6.07, 6.45) is 8.97. The standard InChI is InChI=1S/C48H30N4S/c1-2-14-29(15-3-1)30-16-12-17-31(28-30)51-38-24-9-6-20-34(38)42-32-18-4-5-19-33(32)43-35-21-7-10-25-39(35)52(47(43)46(42)51)48-49-37-23-13-27-41-44(37)45(50-48)36-22-8-11-26-40(36)53-41/h1-28,36,40H. The zero-order valence-electron chi connectivity index (χ0n) is 28.5. The lowest BCUT2D eigenvalue weighted by Gasteiger charge is -2.30. The Balaban J connectivity index is 1.29. The molecule has 5 heteroatoms. The number of para-hydroxylation sites is 2. The molecular formula is C48H30N4S. The van der Waals surface area contributed by atoms with Gasteiger partial charge >= 0.3 is 0 Å². The topological polar surface area (TPSA) is 35.6 Å². The highest BCUT2D eigenvalue weighted by Gasteiger charge is 2.33. The van der Waals surface area contributed by atoms with Crippen LogP contribution in [0.1, 0.15) is 11.6 Å². The van der Waals surface area contributed by atoms with E-state index >= 15 is 0 Å². The summed E-state index contributed by atoms with van der Waals surface area (Å²) in [6.45, 7) is 0. The van der Waals surface area contributed by atoms with Crippen LogP contribution in [0.15, 0.2) is 175 Å². The summed E-state index contributed by atoms with van der Waals surface area (Å²) >= 11 is 1.92. The minimum atomic E-state index is 0.172. The van der Waals surface area contributed by atoms with Gasteiger partial charge in [-0.3, -0.25) is 4.57 Å². The summed E-state index contributed by atoms with van der Waals surface area (Å²) in [5.74, 6) is 0.876. The molecule has 248 valence electrons. The molecule has 10 aromatic rings. The van der Waals surface area contributed by atoms with Crippen LogP contribution in [0.3, 0.4) is 0 Å². The second-order valence-corrected chi connectivity index (χ2v) is 15.3. The molecule has 2 atom stereocenters. The number of hydrogen-bond acceptors (Lipinski definition) is 3. The van der Waals surface area contributed by atoms with Crippen molar-refractivity contribution < 1.29 is 0 Å². The molecule has 0 amide bonds. The maximum absolute atomic E-state index is 5.60. The van der Waals surface area contributed by atoms with Crippen molar-refractivity contribution in [3.05, 3.63) is 176 Å². The summed E-state index contributed by atoms with van der Waals surface area (Å²) in [4.78, 5) is 12.3. The Labute approximate surface area is 309 Å². The van der Waals surface area contributed by atoms with E-state index in [1.807, 2.05) is 11.8 Å². The van der Waals surface area contributed by atoms with E-state index in [1.54, 1.807) is 0 Å². The van der Waals surface area contributed by atoms with Gasteiger partial charge in [-0.1, -0.05) is 133 Å². The molecule has 2 unspecified atom stereocenters. The van der Waals surface area contributed by atoms with Gasteiger partial charge in [0.05, 0.1) is 33.3 Å². The van der Waals surface area contributed by atoms with Crippen LogP contribution >= 0.6 is 11.8 Å². The third kappa shape index (κ3) is 4.08. The summed E-state index contributed by atoms with van der Waals surface area (Å²) < 4.78 is 4.84. The van der Waals surface area contributed by atoms with Gasteiger partial charge in [0.2, 0.25) is 5.95 Å². The number of hydrogen-bond donors (Lipinski definition) is 0. The normalized spacial score (nSPS) is 16.5. The van der Waals surface area contributed by atoms with Crippen LogP contribution < -0.4 is 0 Å². The van der Waals surface area contributed by atoms with Gasteiger partial charge in [0.1, 0.15) is 0 Å². The highest BCUT2D eigenvalue weighted by Crippen LogP contribution is 2.49. The Morgan fingerprint density at radius 1 is 0.491 bits per heavy atom. The van der Waals surface area contributed by atoms with E-state index in [0.29, 0.717) is 11.2 Å². The lowest BCUT2D eigenvalue weighted by molar-refractivity contribution is 0.812. The highest BCUT2D eigenvalue weighted by atomic mass is 32.2. The first-order chi connectivity index (χ1) is 26.3. The van der Waals surface area contributed by atoms with Crippen molar-refractivity contribution >= 4 is 77.0 Å². The van der Waals surface area contributed by atoms with Gasteiger partial charge in [-0.2, -0.15) is 0 Å². The number of allylic oxidation sites excluding steroid dienone is 3. The van der Waals surface area contributed by atoms with Gasteiger partial charge in [0.15, 0.2) is 0 Å². The van der Waals surface area contributed by atoms with Crippen molar-refractivity contribution in [2.75, 3.05) is 0 Å². The monoisotopic (exact) mass is 694 g/mol. The lowest BCUT2D eigenvalue weighted by atomic mass is 9.93. The van der Waals surface area contributed by atoms with E-state index in [4.69, 9.17) is 9.97 Å². The Bertz CT molecular complexity index is 3220. The molecule has 7 aromatic carbocycles. The molecule has 53 heavy (non-hydrogen) atoms. The summed E-state index contributed by atoms with van der Waals surface area (Å²) in [7, 11) is 0. The van der Waals surface area contributed by atoms with Crippen molar-refractivity contribution in [2.45, 2.75) is 16.1 Å². The Hall–Kier alpha value is -6.43. The average molecular weight is 695 g/mol. The van der Waals surface area contributed by atoms with Gasteiger partial charge in [-0.05, 0) is 58.3 Å². The van der Waals surface area contributed by atoms with E-state index in [2.05, 4.69) is 179 Å². The number of benzene rings is 7. The molecule has 1 aliphatic heterocycles. The molecule has 0 saturated heterocycles. The second kappa shape index (κ2) is 11.0. The van der Waals surface area contributed by atoms with Crippen molar-refractivity contribution in [1.82, 2.24) is 19.1 Å². The van der Waals surface area contributed by atoms with Crippen molar-refractivity contribution in [3.63, 3.8) is 0 Å². The molecule has 4 heterocycles. The third-order valence-corrected chi connectivity index (χ3v) is 12.5. The van der Waals surface area contributed by atoms with Crippen LogP contribution in [-0.2, 0) is 0 Å². The number of rotatable bonds is 3. The summed E-state index contributed by atoms with van der Waals surface area (Å²) in [6, 6.07) is 52.7. The molecule has 0 radical (unpaired) electrons. The first-order valence-electron chi connectivity index (χ1n) is 18.2. The van der Waals surface area contributed by atoms with Crippen LogP contribution in [0.2, 0.25) is 0 Å². The number of thioether (sulfide) groups is 1. The van der Waals surface area contributed by atoms with Gasteiger partial charge < -0.3 is 4.57 Å². The predicted octanol–water partition coefficient (Wildman–Crippen LogP) is 12.3. The quantitative estimate of drug-likeness (QED) is 0.185. The number of aromatic nitrogens is 4. The first-order valence-corrected chi connectivity index (χ1v) is 19.1. The second-order valence-electron chi connectivity index (χ2n) is 14.1. The van der Waals surface area contributed by atoms with E-state index < -0.39 is 0 Å². The summed E-state index contributed by atoms with van der Waals surface area (Å²) in [5, 5.41) is 8.80. The maximum atomic E-state index is 5.60. The minimum Gasteiger partial charge on any atom is -0.307 e. The average Bonchev–Trinajstić information content (AvgIpc) is 3.76. The number of nitrogens with zero attached hydrogens (tertiary/aromatic N) is 4. The largest absolute Gasteiger partial charge is 0.307 e. The molecule has 0 saturated carbocycles. The lowest BCUT2D eigenvalue weighted by Crippen LogP contribution is -2.20. The van der Waals surface area contributed by atoms with Crippen LogP contribution in [0.4, 0.5) is 0 Å². The molecular weight excluding hydrogens is 665 g/mol. The van der Waals surface area contributed by atoms with Crippen LogP contribution in [-0.4, -0.2) is 24.4 Å². The van der Waals surface area contributed by atoms with Crippen molar-refractivity contribution in [1.29, 1.82) is 0 Å². The van der Waals surface area contributed by atoms with E-state index in [0.717, 1.165) is 33.4 Å². The Kier molecular flexibility index (Phi) is 6.08. The van der Waals surface area contributed by atoms with Gasteiger partial charge in [0.25, 0.3) is 0 Å². The zero-order valence-corrected chi connectivity index (χ0v) is 29.3. The zero-order chi connectivity index (χ0) is 34.6. The highest BCUT2D eigenvalue weighted by molar-refractivity contribution is 8.00. The fraction of sp³-hybridized carbons (Fsp3) is 0.0417. The minimum absolute atomic E-state index is 0.172. The maximum Gasteiger partial charge on any atom is 0.235 e. The molecule has 12 rings (SSSR count). The SMILES string of the molecule is C1=CC2Sc3cccc4nc(-n5c6ccccc6c6c7ccccc7c7c8ccccc8n(-c8cccc(-c9ccccc9)c8)c7c65)nc(c34)C2C=C1. The van der Waals surface area contributed by atoms with E-state index in [1.165, 1.54) is 59.2 Å². The first kappa shape index (κ1) is 29.2.